The fourth-order valence-corrected chi connectivity index (χ4v) is 3.13. The zero-order chi connectivity index (χ0) is 15.5. The molecule has 5 heteroatoms. The van der Waals surface area contributed by atoms with Gasteiger partial charge in [-0.1, -0.05) is 18.2 Å². The van der Waals surface area contributed by atoms with Crippen LogP contribution < -0.4 is 5.32 Å². The van der Waals surface area contributed by atoms with Crippen molar-refractivity contribution < 1.29 is 9.90 Å². The molecule has 2 heterocycles. The predicted octanol–water partition coefficient (Wildman–Crippen LogP) is 3.00. The Balaban J connectivity index is 1.78. The normalized spacial score (nSPS) is 19.4. The number of likely N-dealkylation sites (tertiary alicyclic amines) is 1. The van der Waals surface area contributed by atoms with Gasteiger partial charge in [-0.2, -0.15) is 0 Å². The number of pyridine rings is 1. The summed E-state index contributed by atoms with van der Waals surface area (Å²) in [6.45, 7) is 2.50. The first kappa shape index (κ1) is 14.8. The molecule has 0 saturated carbocycles. The maximum Gasteiger partial charge on any atom is 0.322 e. The van der Waals surface area contributed by atoms with Crippen LogP contribution in [0, 0.1) is 0 Å². The number of fused-ring (bicyclic) bond motifs is 1. The number of anilines is 1. The second-order valence-electron chi connectivity index (χ2n) is 5.89. The second-order valence-corrected chi connectivity index (χ2v) is 5.89. The number of amides is 2. The number of para-hydroxylation sites is 1. The van der Waals surface area contributed by atoms with Crippen LogP contribution in [0.5, 0.6) is 0 Å². The number of urea groups is 1. The van der Waals surface area contributed by atoms with Crippen molar-refractivity contribution in [3.05, 3.63) is 36.5 Å². The number of benzene rings is 1. The van der Waals surface area contributed by atoms with E-state index in [0.717, 1.165) is 36.0 Å². The van der Waals surface area contributed by atoms with E-state index in [1.165, 1.54) is 0 Å². The number of aliphatic hydroxyl groups is 1. The number of hydrogen-bond donors (Lipinski definition) is 2. The van der Waals surface area contributed by atoms with Gasteiger partial charge < -0.3 is 15.3 Å². The Morgan fingerprint density at radius 2 is 2.27 bits per heavy atom. The van der Waals surface area contributed by atoms with Gasteiger partial charge in [0.25, 0.3) is 0 Å². The highest BCUT2D eigenvalue weighted by Crippen LogP contribution is 2.25. The maximum atomic E-state index is 12.6. The molecule has 2 aromatic rings. The molecule has 1 aliphatic heterocycles. The van der Waals surface area contributed by atoms with Gasteiger partial charge in [-0.05, 0) is 38.3 Å². The summed E-state index contributed by atoms with van der Waals surface area (Å²) >= 11 is 0. The van der Waals surface area contributed by atoms with Gasteiger partial charge >= 0.3 is 6.03 Å². The topological polar surface area (TPSA) is 65.5 Å². The van der Waals surface area contributed by atoms with Crippen LogP contribution in [-0.2, 0) is 0 Å². The van der Waals surface area contributed by atoms with Crippen LogP contribution in [0.1, 0.15) is 26.2 Å². The highest BCUT2D eigenvalue weighted by molar-refractivity contribution is 5.99. The van der Waals surface area contributed by atoms with Crippen molar-refractivity contribution >= 4 is 22.6 Å². The Bertz CT molecular complexity index is 667. The molecular formula is C17H21N3O2. The van der Waals surface area contributed by atoms with E-state index in [4.69, 9.17) is 0 Å². The average molecular weight is 299 g/mol. The number of rotatable bonds is 3. The summed E-state index contributed by atoms with van der Waals surface area (Å²) in [5, 5.41) is 13.6. The van der Waals surface area contributed by atoms with Crippen molar-refractivity contribution in [1.29, 1.82) is 0 Å². The molecule has 2 N–H and O–H groups in total. The molecule has 0 aliphatic carbocycles. The van der Waals surface area contributed by atoms with E-state index in [-0.39, 0.29) is 12.1 Å². The molecule has 2 atom stereocenters. The molecule has 22 heavy (non-hydrogen) atoms. The quantitative estimate of drug-likeness (QED) is 0.915. The first-order valence-electron chi connectivity index (χ1n) is 7.74. The number of hydrogen-bond acceptors (Lipinski definition) is 3. The third-order valence-corrected chi connectivity index (χ3v) is 4.13. The maximum absolute atomic E-state index is 12.6. The standard InChI is InChI=1S/C17H21N3O2/c1-12(21)11-14-7-4-10-20(14)17(22)19-15-8-2-5-13-6-3-9-18-16(13)15/h2-3,5-6,8-9,12,14,21H,4,7,10-11H2,1H3,(H,19,22)/t12-,14+/m0/s1. The summed E-state index contributed by atoms with van der Waals surface area (Å²) in [6.07, 6.45) is 3.90. The molecule has 0 spiro atoms. The highest BCUT2D eigenvalue weighted by atomic mass is 16.3. The van der Waals surface area contributed by atoms with Crippen molar-refractivity contribution in [3.8, 4) is 0 Å². The first-order valence-corrected chi connectivity index (χ1v) is 7.74. The third-order valence-electron chi connectivity index (χ3n) is 4.13. The van der Waals surface area contributed by atoms with Gasteiger partial charge in [-0.3, -0.25) is 4.98 Å². The summed E-state index contributed by atoms with van der Waals surface area (Å²) < 4.78 is 0. The van der Waals surface area contributed by atoms with E-state index in [0.29, 0.717) is 6.42 Å². The number of carbonyl (C=O) groups is 1. The molecule has 0 radical (unpaired) electrons. The van der Waals surface area contributed by atoms with E-state index in [2.05, 4.69) is 10.3 Å². The lowest BCUT2D eigenvalue weighted by Gasteiger charge is -2.26. The van der Waals surface area contributed by atoms with Crippen molar-refractivity contribution in [1.82, 2.24) is 9.88 Å². The average Bonchev–Trinajstić information content (AvgIpc) is 2.95. The minimum atomic E-state index is -0.391. The van der Waals surface area contributed by atoms with Crippen LogP contribution in [0.15, 0.2) is 36.5 Å². The molecule has 1 aliphatic rings. The lowest BCUT2D eigenvalue weighted by atomic mass is 10.1. The zero-order valence-corrected chi connectivity index (χ0v) is 12.7. The summed E-state index contributed by atoms with van der Waals surface area (Å²) in [5.41, 5.74) is 1.52. The lowest BCUT2D eigenvalue weighted by molar-refractivity contribution is 0.142. The number of aliphatic hydroxyl groups excluding tert-OH is 1. The lowest BCUT2D eigenvalue weighted by Crippen LogP contribution is -2.40. The summed E-state index contributed by atoms with van der Waals surface area (Å²) in [4.78, 5) is 18.7. The van der Waals surface area contributed by atoms with E-state index in [1.807, 2.05) is 35.2 Å². The Hall–Kier alpha value is -2.14. The third kappa shape index (κ3) is 3.04. The van der Waals surface area contributed by atoms with Gasteiger partial charge in [0.2, 0.25) is 0 Å². The van der Waals surface area contributed by atoms with Crippen LogP contribution >= 0.6 is 0 Å². The minimum Gasteiger partial charge on any atom is -0.393 e. The number of aromatic nitrogens is 1. The Morgan fingerprint density at radius 3 is 3.09 bits per heavy atom. The zero-order valence-electron chi connectivity index (χ0n) is 12.7. The molecule has 0 unspecified atom stereocenters. The Kier molecular flexibility index (Phi) is 4.24. The van der Waals surface area contributed by atoms with E-state index in [9.17, 15) is 9.90 Å². The fourth-order valence-electron chi connectivity index (χ4n) is 3.13. The molecule has 2 amide bonds. The van der Waals surface area contributed by atoms with Crippen molar-refractivity contribution in [2.45, 2.75) is 38.3 Å². The summed E-state index contributed by atoms with van der Waals surface area (Å²) in [6, 6.07) is 9.62. The minimum absolute atomic E-state index is 0.110. The van der Waals surface area contributed by atoms with Gasteiger partial charge in [-0.25, -0.2) is 4.79 Å². The van der Waals surface area contributed by atoms with Crippen molar-refractivity contribution in [2.24, 2.45) is 0 Å². The SMILES string of the molecule is C[C@H](O)C[C@H]1CCCN1C(=O)Nc1cccc2cccnc12. The van der Waals surface area contributed by atoms with Crippen LogP contribution in [0.3, 0.4) is 0 Å². The fraction of sp³-hybridized carbons (Fsp3) is 0.412. The summed E-state index contributed by atoms with van der Waals surface area (Å²) in [5.74, 6) is 0. The van der Waals surface area contributed by atoms with Gasteiger partial charge in [0.1, 0.15) is 0 Å². The van der Waals surface area contributed by atoms with Crippen LogP contribution in [0.4, 0.5) is 10.5 Å². The molecule has 1 aromatic heterocycles. The van der Waals surface area contributed by atoms with Crippen molar-refractivity contribution in [3.63, 3.8) is 0 Å². The number of nitrogens with one attached hydrogen (secondary N) is 1. The largest absolute Gasteiger partial charge is 0.393 e. The smallest absolute Gasteiger partial charge is 0.322 e. The van der Waals surface area contributed by atoms with Gasteiger partial charge in [-0.15, -0.1) is 0 Å². The molecule has 116 valence electrons. The second kappa shape index (κ2) is 6.32. The Labute approximate surface area is 130 Å². The molecule has 1 fully saturated rings. The van der Waals surface area contributed by atoms with Crippen LogP contribution in [0.2, 0.25) is 0 Å². The molecule has 3 rings (SSSR count). The highest BCUT2D eigenvalue weighted by Gasteiger charge is 2.29. The first-order chi connectivity index (χ1) is 10.6. The predicted molar refractivity (Wildman–Crippen MR) is 86.8 cm³/mol. The van der Waals surface area contributed by atoms with Gasteiger partial charge in [0.15, 0.2) is 0 Å². The van der Waals surface area contributed by atoms with Crippen molar-refractivity contribution in [2.75, 3.05) is 11.9 Å². The molecular weight excluding hydrogens is 278 g/mol. The number of carbonyl (C=O) groups excluding carboxylic acids is 1. The van der Waals surface area contributed by atoms with Gasteiger partial charge in [0, 0.05) is 24.2 Å². The van der Waals surface area contributed by atoms with E-state index < -0.39 is 6.10 Å². The van der Waals surface area contributed by atoms with E-state index >= 15 is 0 Å². The van der Waals surface area contributed by atoms with Crippen LogP contribution in [-0.4, -0.2) is 39.7 Å². The monoisotopic (exact) mass is 299 g/mol. The Morgan fingerprint density at radius 1 is 1.45 bits per heavy atom. The van der Waals surface area contributed by atoms with E-state index in [1.54, 1.807) is 13.1 Å². The van der Waals surface area contributed by atoms with Gasteiger partial charge in [0.05, 0.1) is 17.3 Å². The molecule has 1 saturated heterocycles. The molecule has 0 bridgehead atoms. The molecule has 5 nitrogen and oxygen atoms in total. The van der Waals surface area contributed by atoms with Crippen LogP contribution in [0.25, 0.3) is 10.9 Å². The summed E-state index contributed by atoms with van der Waals surface area (Å²) in [7, 11) is 0. The molecule has 1 aromatic carbocycles. The number of nitrogens with zero attached hydrogens (tertiary/aromatic N) is 2.